The molecule has 0 rings (SSSR count). The van der Waals surface area contributed by atoms with Crippen molar-refractivity contribution < 1.29 is 9.47 Å². The molecule has 0 bridgehead atoms. The Bertz CT molecular complexity index is 97.9. The van der Waals surface area contributed by atoms with Crippen molar-refractivity contribution in [2.24, 2.45) is 0 Å². The van der Waals surface area contributed by atoms with E-state index in [0.717, 1.165) is 0 Å². The molecule has 0 aromatic heterocycles. The molecule has 0 aliphatic heterocycles. The zero-order valence-electron chi connectivity index (χ0n) is 6.19. The van der Waals surface area contributed by atoms with Gasteiger partial charge in [-0.15, -0.1) is 0 Å². The summed E-state index contributed by atoms with van der Waals surface area (Å²) in [5.74, 6) is 0.540. The molecule has 10 heavy (non-hydrogen) atoms. The number of rotatable bonds is 5. The van der Waals surface area contributed by atoms with Crippen molar-refractivity contribution in [2.45, 2.75) is 13.8 Å². The van der Waals surface area contributed by atoms with Crippen molar-refractivity contribution in [3.63, 3.8) is 0 Å². The largest absolute Gasteiger partial charge is 0.466 e. The highest BCUT2D eigenvalue weighted by Gasteiger charge is 1.94. The SMILES string of the molecule is CCOC(=C[Si]Cl)OCC. The molecule has 2 radical (unpaired) electrons. The van der Waals surface area contributed by atoms with Gasteiger partial charge in [0.2, 0.25) is 8.83 Å². The van der Waals surface area contributed by atoms with E-state index in [1.807, 2.05) is 13.8 Å². The molecule has 0 fully saturated rings. The normalized spacial score (nSPS) is 8.70. The van der Waals surface area contributed by atoms with Crippen molar-refractivity contribution in [3.05, 3.63) is 11.6 Å². The Morgan fingerprint density at radius 2 is 1.90 bits per heavy atom. The summed E-state index contributed by atoms with van der Waals surface area (Å²) in [7, 11) is 0.218. The van der Waals surface area contributed by atoms with Crippen LogP contribution >= 0.6 is 11.1 Å². The first-order valence-corrected chi connectivity index (χ1v) is 5.26. The summed E-state index contributed by atoms with van der Waals surface area (Å²) < 4.78 is 10.2. The minimum atomic E-state index is 0.218. The highest BCUT2D eigenvalue weighted by Crippen LogP contribution is 1.98. The van der Waals surface area contributed by atoms with Crippen LogP contribution in [0.3, 0.4) is 0 Å². The minimum absolute atomic E-state index is 0.218. The van der Waals surface area contributed by atoms with Gasteiger partial charge in [0.1, 0.15) is 0 Å². The topological polar surface area (TPSA) is 18.5 Å². The predicted molar refractivity (Wildman–Crippen MR) is 42.9 cm³/mol. The molecule has 58 valence electrons. The summed E-state index contributed by atoms with van der Waals surface area (Å²) in [4.78, 5) is 0. The lowest BCUT2D eigenvalue weighted by molar-refractivity contribution is 0.0476. The van der Waals surface area contributed by atoms with Gasteiger partial charge < -0.3 is 9.47 Å². The Kier molecular flexibility index (Phi) is 6.85. The fraction of sp³-hybridized carbons (Fsp3) is 0.667. The molecule has 0 spiro atoms. The van der Waals surface area contributed by atoms with Crippen LogP contribution in [-0.2, 0) is 9.47 Å². The van der Waals surface area contributed by atoms with E-state index in [0.29, 0.717) is 19.2 Å². The second-order valence-corrected chi connectivity index (χ2v) is 2.60. The van der Waals surface area contributed by atoms with Gasteiger partial charge in [0.05, 0.1) is 13.2 Å². The first kappa shape index (κ1) is 9.85. The molecule has 0 N–H and O–H groups in total. The monoisotopic (exact) mass is 178 g/mol. The number of hydrogen-bond acceptors (Lipinski definition) is 2. The number of hydrogen-bond donors (Lipinski definition) is 0. The van der Waals surface area contributed by atoms with Crippen molar-refractivity contribution in [3.8, 4) is 0 Å². The van der Waals surface area contributed by atoms with E-state index < -0.39 is 0 Å². The maximum Gasteiger partial charge on any atom is 0.271 e. The highest BCUT2D eigenvalue weighted by atomic mass is 35.6. The van der Waals surface area contributed by atoms with Gasteiger partial charge in [0.15, 0.2) is 0 Å². The van der Waals surface area contributed by atoms with E-state index in [-0.39, 0.29) is 8.83 Å². The van der Waals surface area contributed by atoms with Crippen molar-refractivity contribution in [1.82, 2.24) is 0 Å². The van der Waals surface area contributed by atoms with Gasteiger partial charge in [-0.1, -0.05) is 0 Å². The lowest BCUT2D eigenvalue weighted by Crippen LogP contribution is -1.98. The van der Waals surface area contributed by atoms with E-state index in [4.69, 9.17) is 20.6 Å². The second kappa shape index (κ2) is 6.96. The van der Waals surface area contributed by atoms with E-state index in [2.05, 4.69) is 0 Å². The average Bonchev–Trinajstić information content (AvgIpc) is 1.90. The predicted octanol–water partition coefficient (Wildman–Crippen LogP) is 1.72. The van der Waals surface area contributed by atoms with Gasteiger partial charge in [-0.2, -0.15) is 11.1 Å². The van der Waals surface area contributed by atoms with Gasteiger partial charge in [0.25, 0.3) is 5.95 Å². The molecule has 0 aromatic rings. The molecule has 0 saturated carbocycles. The van der Waals surface area contributed by atoms with E-state index in [9.17, 15) is 0 Å². The number of ether oxygens (including phenoxy) is 2. The van der Waals surface area contributed by atoms with Crippen LogP contribution in [0.4, 0.5) is 0 Å². The fourth-order valence-electron chi connectivity index (χ4n) is 0.454. The standard InChI is InChI=1S/C6H11ClO2Si/c1-3-8-6(5-10-7)9-4-2/h5H,3-4H2,1-2H3. The van der Waals surface area contributed by atoms with Crippen LogP contribution in [0.25, 0.3) is 0 Å². The van der Waals surface area contributed by atoms with Gasteiger partial charge in [-0.05, 0) is 19.5 Å². The maximum absolute atomic E-state index is 5.46. The first-order valence-electron chi connectivity index (χ1n) is 3.17. The lowest BCUT2D eigenvalue weighted by atomic mass is 10.8. The van der Waals surface area contributed by atoms with Crippen molar-refractivity contribution in [1.29, 1.82) is 0 Å². The summed E-state index contributed by atoms with van der Waals surface area (Å²) in [6.07, 6.45) is 0. The molecule has 0 saturated heterocycles. The molecule has 0 aliphatic carbocycles. The Morgan fingerprint density at radius 1 is 1.40 bits per heavy atom. The van der Waals surface area contributed by atoms with Crippen LogP contribution in [0.1, 0.15) is 13.8 Å². The Hall–Kier alpha value is -0.153. The van der Waals surface area contributed by atoms with Crippen LogP contribution in [0.5, 0.6) is 0 Å². The molecule has 0 aromatic carbocycles. The van der Waals surface area contributed by atoms with Gasteiger partial charge in [-0.3, -0.25) is 0 Å². The van der Waals surface area contributed by atoms with Crippen LogP contribution in [0.15, 0.2) is 11.6 Å². The molecule has 2 nitrogen and oxygen atoms in total. The third-order valence-corrected chi connectivity index (χ3v) is 1.42. The summed E-state index contributed by atoms with van der Waals surface area (Å²) in [6.45, 7) is 5.05. The smallest absolute Gasteiger partial charge is 0.271 e. The van der Waals surface area contributed by atoms with Crippen molar-refractivity contribution >= 4 is 19.9 Å². The fourth-order valence-corrected chi connectivity index (χ4v) is 0.977. The number of halogens is 1. The third-order valence-electron chi connectivity index (χ3n) is 0.746. The van der Waals surface area contributed by atoms with Gasteiger partial charge >= 0.3 is 0 Å². The van der Waals surface area contributed by atoms with Gasteiger partial charge in [-0.25, -0.2) is 0 Å². The molecule has 0 heterocycles. The summed E-state index contributed by atoms with van der Waals surface area (Å²) in [5.41, 5.74) is 1.73. The zero-order chi connectivity index (χ0) is 7.82. The van der Waals surface area contributed by atoms with E-state index in [1.165, 1.54) is 0 Å². The summed E-state index contributed by atoms with van der Waals surface area (Å²) in [6, 6.07) is 0. The van der Waals surface area contributed by atoms with Crippen LogP contribution in [0, 0.1) is 0 Å². The lowest BCUT2D eigenvalue weighted by Gasteiger charge is -2.07. The molecule has 0 amide bonds. The molecule has 0 atom stereocenters. The van der Waals surface area contributed by atoms with E-state index >= 15 is 0 Å². The summed E-state index contributed by atoms with van der Waals surface area (Å²) in [5, 5.41) is 0. The first-order chi connectivity index (χ1) is 4.85. The highest BCUT2D eigenvalue weighted by molar-refractivity contribution is 6.96. The molecular weight excluding hydrogens is 168 g/mol. The maximum atomic E-state index is 5.46. The minimum Gasteiger partial charge on any atom is -0.466 e. The molecule has 4 heteroatoms. The second-order valence-electron chi connectivity index (χ2n) is 1.44. The molecule has 0 aliphatic rings. The van der Waals surface area contributed by atoms with Crippen LogP contribution < -0.4 is 0 Å². The Balaban J connectivity index is 3.60. The Morgan fingerprint density at radius 3 is 2.20 bits per heavy atom. The summed E-state index contributed by atoms with van der Waals surface area (Å²) >= 11 is 5.46. The zero-order valence-corrected chi connectivity index (χ0v) is 7.94. The van der Waals surface area contributed by atoms with E-state index in [1.54, 1.807) is 5.70 Å². The average molecular weight is 179 g/mol. The molecule has 0 unspecified atom stereocenters. The third kappa shape index (κ3) is 4.70. The van der Waals surface area contributed by atoms with Crippen LogP contribution in [-0.4, -0.2) is 22.0 Å². The Labute approximate surface area is 68.7 Å². The quantitative estimate of drug-likeness (QED) is 0.363. The van der Waals surface area contributed by atoms with Crippen molar-refractivity contribution in [2.75, 3.05) is 13.2 Å². The van der Waals surface area contributed by atoms with Gasteiger partial charge in [0, 0.05) is 0 Å². The molecular formula is C6H11ClO2Si. The van der Waals surface area contributed by atoms with Crippen LogP contribution in [0.2, 0.25) is 0 Å².